The fourth-order valence-electron chi connectivity index (χ4n) is 1.87. The summed E-state index contributed by atoms with van der Waals surface area (Å²) in [5, 5.41) is 0. The smallest absolute Gasteiger partial charge is 0.305 e. The molecule has 4 heteroatoms. The third-order valence-corrected chi connectivity index (χ3v) is 3.71. The number of benzene rings is 1. The van der Waals surface area contributed by atoms with Crippen LogP contribution in [0.2, 0.25) is 0 Å². The van der Waals surface area contributed by atoms with Gasteiger partial charge in [-0.2, -0.15) is 0 Å². The summed E-state index contributed by atoms with van der Waals surface area (Å²) < 4.78 is 11.3. The van der Waals surface area contributed by atoms with Crippen LogP contribution in [0.15, 0.2) is 18.2 Å². The molecule has 0 aliphatic carbocycles. The maximum atomic E-state index is 11.2. The van der Waals surface area contributed by atoms with Crippen LogP contribution in [-0.2, 0) is 16.0 Å². The second-order valence-electron chi connectivity index (χ2n) is 4.33. The lowest BCUT2D eigenvalue weighted by atomic mass is 10.1. The summed E-state index contributed by atoms with van der Waals surface area (Å²) in [6, 6.07) is 6.27. The highest BCUT2D eigenvalue weighted by atomic mass is 127. The molecule has 0 aliphatic rings. The molecule has 0 N–H and O–H groups in total. The molecule has 1 aromatic rings. The van der Waals surface area contributed by atoms with E-state index in [1.807, 2.05) is 13.0 Å². The molecule has 0 fully saturated rings. The van der Waals surface area contributed by atoms with Gasteiger partial charge in [0.15, 0.2) is 0 Å². The predicted molar refractivity (Wildman–Crippen MR) is 84.5 cm³/mol. The second kappa shape index (κ2) is 9.18. The largest absolute Gasteiger partial charge is 0.496 e. The van der Waals surface area contributed by atoms with Gasteiger partial charge in [0.2, 0.25) is 0 Å². The fourth-order valence-corrected chi connectivity index (χ4v) is 2.67. The van der Waals surface area contributed by atoms with Gasteiger partial charge < -0.3 is 9.47 Å². The molecule has 0 amide bonds. The number of methoxy groups -OCH3 is 1. The van der Waals surface area contributed by atoms with Crippen molar-refractivity contribution in [3.05, 3.63) is 27.3 Å². The molecule has 0 saturated carbocycles. The number of halogens is 1. The number of ether oxygens (including phenoxy) is 2. The van der Waals surface area contributed by atoms with E-state index in [1.54, 1.807) is 7.11 Å². The van der Waals surface area contributed by atoms with E-state index in [9.17, 15) is 4.79 Å². The minimum atomic E-state index is -0.0819. The van der Waals surface area contributed by atoms with Crippen LogP contribution in [0.3, 0.4) is 0 Å². The summed E-state index contributed by atoms with van der Waals surface area (Å²) in [5.74, 6) is 0.841. The van der Waals surface area contributed by atoms with Crippen molar-refractivity contribution in [2.75, 3.05) is 13.7 Å². The Labute approximate surface area is 128 Å². The number of unbranched alkanes of at least 4 members (excludes halogenated alkanes) is 2. The van der Waals surface area contributed by atoms with Gasteiger partial charge >= 0.3 is 5.97 Å². The minimum absolute atomic E-state index is 0.0819. The zero-order chi connectivity index (χ0) is 14.1. The number of aryl methyl sites for hydroxylation is 1. The van der Waals surface area contributed by atoms with E-state index in [0.717, 1.165) is 35.0 Å². The van der Waals surface area contributed by atoms with E-state index in [2.05, 4.69) is 34.7 Å². The van der Waals surface area contributed by atoms with Crippen molar-refractivity contribution >= 4 is 28.6 Å². The first-order valence-corrected chi connectivity index (χ1v) is 7.73. The van der Waals surface area contributed by atoms with Crippen molar-refractivity contribution < 1.29 is 14.3 Å². The van der Waals surface area contributed by atoms with E-state index in [0.29, 0.717) is 13.0 Å². The van der Waals surface area contributed by atoms with Crippen LogP contribution in [-0.4, -0.2) is 19.7 Å². The van der Waals surface area contributed by atoms with Crippen molar-refractivity contribution in [1.82, 2.24) is 0 Å². The number of rotatable bonds is 8. The van der Waals surface area contributed by atoms with Crippen molar-refractivity contribution in [2.24, 2.45) is 0 Å². The summed E-state index contributed by atoms with van der Waals surface area (Å²) in [6.07, 6.45) is 4.64. The molecule has 0 atom stereocenters. The molecule has 0 heterocycles. The number of hydrogen-bond acceptors (Lipinski definition) is 3. The molecule has 0 unspecified atom stereocenters. The quantitative estimate of drug-likeness (QED) is 0.391. The molecule has 0 radical (unpaired) electrons. The normalized spacial score (nSPS) is 10.3. The van der Waals surface area contributed by atoms with Gasteiger partial charge in [-0.05, 0) is 66.5 Å². The van der Waals surface area contributed by atoms with Gasteiger partial charge in [-0.1, -0.05) is 12.5 Å². The Kier molecular flexibility index (Phi) is 7.86. The van der Waals surface area contributed by atoms with Crippen molar-refractivity contribution in [3.63, 3.8) is 0 Å². The van der Waals surface area contributed by atoms with Gasteiger partial charge in [0.05, 0.1) is 17.3 Å². The van der Waals surface area contributed by atoms with E-state index in [1.165, 1.54) is 5.56 Å². The Hall–Kier alpha value is -0.780. The molecule has 0 aromatic heterocycles. The maximum Gasteiger partial charge on any atom is 0.305 e. The molecule has 1 aromatic carbocycles. The monoisotopic (exact) mass is 376 g/mol. The van der Waals surface area contributed by atoms with Gasteiger partial charge in [-0.3, -0.25) is 4.79 Å². The summed E-state index contributed by atoms with van der Waals surface area (Å²) in [7, 11) is 1.69. The first kappa shape index (κ1) is 16.3. The molecule has 0 spiro atoms. The summed E-state index contributed by atoms with van der Waals surface area (Å²) in [6.45, 7) is 2.31. The van der Waals surface area contributed by atoms with Gasteiger partial charge in [0, 0.05) is 6.42 Å². The zero-order valence-corrected chi connectivity index (χ0v) is 13.7. The molecule has 106 valence electrons. The van der Waals surface area contributed by atoms with Crippen LogP contribution in [0.4, 0.5) is 0 Å². The Bertz CT molecular complexity index is 404. The zero-order valence-electron chi connectivity index (χ0n) is 11.6. The Morgan fingerprint density at radius 1 is 1.26 bits per heavy atom. The Morgan fingerprint density at radius 3 is 2.68 bits per heavy atom. The maximum absolute atomic E-state index is 11.2. The van der Waals surface area contributed by atoms with Crippen LogP contribution in [0, 0.1) is 3.57 Å². The van der Waals surface area contributed by atoms with Crippen LogP contribution in [0.1, 0.15) is 38.2 Å². The fraction of sp³-hybridized carbons (Fsp3) is 0.533. The number of esters is 1. The first-order chi connectivity index (χ1) is 9.17. The summed E-state index contributed by atoms with van der Waals surface area (Å²) in [5.41, 5.74) is 1.32. The lowest BCUT2D eigenvalue weighted by Crippen LogP contribution is -2.03. The average molecular weight is 376 g/mol. The molecule has 1 rings (SSSR count). The SMILES string of the molecule is CCOC(=O)CCCCCc1ccc(OC)c(I)c1. The van der Waals surface area contributed by atoms with Gasteiger partial charge in [-0.25, -0.2) is 0 Å². The summed E-state index contributed by atoms with van der Waals surface area (Å²) in [4.78, 5) is 11.2. The van der Waals surface area contributed by atoms with Crippen LogP contribution in [0.5, 0.6) is 5.75 Å². The lowest BCUT2D eigenvalue weighted by Gasteiger charge is -2.06. The van der Waals surface area contributed by atoms with Crippen molar-refractivity contribution in [2.45, 2.75) is 39.0 Å². The Balaban J connectivity index is 2.22. The topological polar surface area (TPSA) is 35.5 Å². The van der Waals surface area contributed by atoms with Crippen LogP contribution >= 0.6 is 22.6 Å². The number of hydrogen-bond donors (Lipinski definition) is 0. The molecule has 0 aliphatic heterocycles. The molecule has 19 heavy (non-hydrogen) atoms. The summed E-state index contributed by atoms with van der Waals surface area (Å²) >= 11 is 2.29. The highest BCUT2D eigenvalue weighted by Gasteiger charge is 2.03. The van der Waals surface area contributed by atoms with Gasteiger partial charge in [0.1, 0.15) is 5.75 Å². The standard InChI is InChI=1S/C15H21IO3/c1-3-19-15(17)8-6-4-5-7-12-9-10-14(18-2)13(16)11-12/h9-11H,3-8H2,1-2H3. The number of carbonyl (C=O) groups excluding carboxylic acids is 1. The third kappa shape index (κ3) is 6.27. The lowest BCUT2D eigenvalue weighted by molar-refractivity contribution is -0.143. The van der Waals surface area contributed by atoms with Crippen molar-refractivity contribution in [3.8, 4) is 5.75 Å². The van der Waals surface area contributed by atoms with E-state index < -0.39 is 0 Å². The predicted octanol–water partition coefficient (Wildman–Crippen LogP) is 3.97. The van der Waals surface area contributed by atoms with Crippen LogP contribution < -0.4 is 4.74 Å². The highest BCUT2D eigenvalue weighted by Crippen LogP contribution is 2.22. The molecule has 0 bridgehead atoms. The minimum Gasteiger partial charge on any atom is -0.496 e. The van der Waals surface area contributed by atoms with Gasteiger partial charge in [-0.15, -0.1) is 0 Å². The van der Waals surface area contributed by atoms with E-state index in [-0.39, 0.29) is 5.97 Å². The van der Waals surface area contributed by atoms with Crippen LogP contribution in [0.25, 0.3) is 0 Å². The molecule has 0 saturated heterocycles. The third-order valence-electron chi connectivity index (χ3n) is 2.87. The second-order valence-corrected chi connectivity index (χ2v) is 5.50. The molecular formula is C15H21IO3. The van der Waals surface area contributed by atoms with Crippen molar-refractivity contribution in [1.29, 1.82) is 0 Å². The number of carbonyl (C=O) groups is 1. The van der Waals surface area contributed by atoms with E-state index >= 15 is 0 Å². The molecular weight excluding hydrogens is 355 g/mol. The molecule has 3 nitrogen and oxygen atoms in total. The average Bonchev–Trinajstić information content (AvgIpc) is 2.39. The highest BCUT2D eigenvalue weighted by molar-refractivity contribution is 14.1. The Morgan fingerprint density at radius 2 is 2.05 bits per heavy atom. The van der Waals surface area contributed by atoms with E-state index in [4.69, 9.17) is 9.47 Å². The first-order valence-electron chi connectivity index (χ1n) is 6.65. The van der Waals surface area contributed by atoms with Gasteiger partial charge in [0.25, 0.3) is 0 Å².